The molecule has 0 aliphatic rings. The Kier molecular flexibility index (Phi) is 5.50. The van der Waals surface area contributed by atoms with Crippen LogP contribution < -0.4 is 0 Å². The second-order valence-corrected chi connectivity index (χ2v) is 6.35. The molecule has 0 spiro atoms. The molecule has 0 aromatic heterocycles. The van der Waals surface area contributed by atoms with Crippen LogP contribution in [0.1, 0.15) is 30.6 Å². The van der Waals surface area contributed by atoms with Crippen molar-refractivity contribution in [1.82, 2.24) is 0 Å². The largest absolute Gasteiger partial charge is 0.469 e. The van der Waals surface area contributed by atoms with Gasteiger partial charge in [0, 0.05) is 12.0 Å². The first-order valence-corrected chi connectivity index (χ1v) is 7.77. The molecule has 0 aliphatic carbocycles. The van der Waals surface area contributed by atoms with Crippen molar-refractivity contribution >= 4 is 11.8 Å². The lowest BCUT2D eigenvalue weighted by Gasteiger charge is -2.22. The summed E-state index contributed by atoms with van der Waals surface area (Å²) in [6.45, 7) is 3.13. The van der Waals surface area contributed by atoms with E-state index in [2.05, 4.69) is 4.74 Å². The van der Waals surface area contributed by atoms with E-state index in [-0.39, 0.29) is 6.42 Å². The lowest BCUT2D eigenvalue weighted by molar-refractivity contribution is -0.151. The minimum Gasteiger partial charge on any atom is -0.469 e. The van der Waals surface area contributed by atoms with Gasteiger partial charge in [-0.25, -0.2) is 4.39 Å². The normalized spacial score (nSPS) is 12.5. The van der Waals surface area contributed by atoms with Crippen LogP contribution in [0.3, 0.4) is 0 Å². The third-order valence-corrected chi connectivity index (χ3v) is 3.99. The van der Waals surface area contributed by atoms with E-state index in [1.165, 1.54) is 7.11 Å². The molecule has 1 atom stereocenters. The van der Waals surface area contributed by atoms with Crippen molar-refractivity contribution in [2.45, 2.75) is 26.4 Å². The standard InChI is InChI=1S/C20H21FO3/c1-20(2,19(23)24-3)13-17(21)18(22)16-11-9-15(10-12-16)14-7-5-4-6-8-14/h4-12,17H,13H2,1-3H3/t17-/m1/s1. The monoisotopic (exact) mass is 328 g/mol. The number of carbonyl (C=O) groups excluding carboxylic acids is 2. The molecule has 0 radical (unpaired) electrons. The Balaban J connectivity index is 2.11. The molecule has 24 heavy (non-hydrogen) atoms. The van der Waals surface area contributed by atoms with Crippen LogP contribution in [0.25, 0.3) is 11.1 Å². The molecular weight excluding hydrogens is 307 g/mol. The molecule has 4 heteroatoms. The summed E-state index contributed by atoms with van der Waals surface area (Å²) in [6, 6.07) is 16.5. The van der Waals surface area contributed by atoms with E-state index in [1.807, 2.05) is 30.3 Å². The van der Waals surface area contributed by atoms with Gasteiger partial charge in [-0.15, -0.1) is 0 Å². The van der Waals surface area contributed by atoms with Gasteiger partial charge in [-0.3, -0.25) is 9.59 Å². The van der Waals surface area contributed by atoms with E-state index >= 15 is 0 Å². The summed E-state index contributed by atoms with van der Waals surface area (Å²) in [5, 5.41) is 0. The van der Waals surface area contributed by atoms with E-state index in [1.54, 1.807) is 38.1 Å². The molecule has 0 aliphatic heterocycles. The summed E-state index contributed by atoms with van der Waals surface area (Å²) in [6.07, 6.45) is -1.96. The Morgan fingerprint density at radius 1 is 1.00 bits per heavy atom. The maximum absolute atomic E-state index is 14.3. The lowest BCUT2D eigenvalue weighted by Crippen LogP contribution is -2.32. The number of halogens is 1. The summed E-state index contributed by atoms with van der Waals surface area (Å²) < 4.78 is 19.0. The number of hydrogen-bond acceptors (Lipinski definition) is 3. The van der Waals surface area contributed by atoms with Gasteiger partial charge in [0.05, 0.1) is 12.5 Å². The van der Waals surface area contributed by atoms with Gasteiger partial charge >= 0.3 is 5.97 Å². The highest BCUT2D eigenvalue weighted by molar-refractivity contribution is 6.00. The van der Waals surface area contributed by atoms with Crippen LogP contribution in [-0.4, -0.2) is 25.0 Å². The van der Waals surface area contributed by atoms with Crippen LogP contribution in [0.4, 0.5) is 4.39 Å². The van der Waals surface area contributed by atoms with Gasteiger partial charge in [-0.1, -0.05) is 54.6 Å². The molecule has 0 amide bonds. The number of rotatable bonds is 6. The summed E-state index contributed by atoms with van der Waals surface area (Å²) in [5.74, 6) is -1.15. The number of carbonyl (C=O) groups is 2. The second-order valence-electron chi connectivity index (χ2n) is 6.35. The fourth-order valence-electron chi connectivity index (χ4n) is 2.54. The molecule has 0 saturated carbocycles. The first kappa shape index (κ1) is 17.9. The quantitative estimate of drug-likeness (QED) is 0.581. The fraction of sp³-hybridized carbons (Fsp3) is 0.300. The number of hydrogen-bond donors (Lipinski definition) is 0. The maximum atomic E-state index is 14.3. The summed E-state index contributed by atoms with van der Waals surface area (Å²) in [5.41, 5.74) is 1.23. The van der Waals surface area contributed by atoms with Gasteiger partial charge in [0.2, 0.25) is 0 Å². The Bertz CT molecular complexity index is 705. The topological polar surface area (TPSA) is 43.4 Å². The Morgan fingerprint density at radius 3 is 2.08 bits per heavy atom. The van der Waals surface area contributed by atoms with Gasteiger partial charge in [0.15, 0.2) is 12.0 Å². The number of ketones is 1. The highest BCUT2D eigenvalue weighted by Crippen LogP contribution is 2.27. The number of alkyl halides is 1. The average Bonchev–Trinajstić information content (AvgIpc) is 2.60. The fourth-order valence-corrected chi connectivity index (χ4v) is 2.54. The number of esters is 1. The van der Waals surface area contributed by atoms with Crippen molar-refractivity contribution in [3.8, 4) is 11.1 Å². The van der Waals surface area contributed by atoms with E-state index in [4.69, 9.17) is 0 Å². The van der Waals surface area contributed by atoms with Crippen LogP contribution in [0, 0.1) is 5.41 Å². The average molecular weight is 328 g/mol. The highest BCUT2D eigenvalue weighted by Gasteiger charge is 2.35. The maximum Gasteiger partial charge on any atom is 0.311 e. The van der Waals surface area contributed by atoms with Crippen molar-refractivity contribution in [3.05, 3.63) is 60.2 Å². The van der Waals surface area contributed by atoms with Gasteiger partial charge < -0.3 is 4.74 Å². The van der Waals surface area contributed by atoms with E-state index < -0.39 is 23.3 Å². The molecule has 2 aromatic rings. The molecule has 126 valence electrons. The summed E-state index contributed by atoms with van der Waals surface area (Å²) in [7, 11) is 1.25. The van der Waals surface area contributed by atoms with Crippen LogP contribution in [0.2, 0.25) is 0 Å². The molecule has 0 N–H and O–H groups in total. The molecule has 0 heterocycles. The van der Waals surface area contributed by atoms with Crippen molar-refractivity contribution in [3.63, 3.8) is 0 Å². The molecule has 3 nitrogen and oxygen atoms in total. The van der Waals surface area contributed by atoms with Gasteiger partial charge in [0.1, 0.15) is 0 Å². The molecule has 2 aromatic carbocycles. The molecule has 0 fully saturated rings. The van der Waals surface area contributed by atoms with E-state index in [0.29, 0.717) is 5.56 Å². The zero-order chi connectivity index (χ0) is 17.7. The predicted octanol–water partition coefficient (Wildman–Crippen LogP) is 4.46. The third kappa shape index (κ3) is 4.07. The highest BCUT2D eigenvalue weighted by atomic mass is 19.1. The Morgan fingerprint density at radius 2 is 1.54 bits per heavy atom. The Hall–Kier alpha value is -2.49. The molecule has 0 saturated heterocycles. The van der Waals surface area contributed by atoms with Crippen molar-refractivity contribution < 1.29 is 18.7 Å². The minimum atomic E-state index is -1.75. The summed E-state index contributed by atoms with van der Waals surface area (Å²) in [4.78, 5) is 23.9. The smallest absolute Gasteiger partial charge is 0.311 e. The molecule has 0 unspecified atom stereocenters. The van der Waals surface area contributed by atoms with Crippen LogP contribution in [0.5, 0.6) is 0 Å². The number of benzene rings is 2. The van der Waals surface area contributed by atoms with E-state index in [9.17, 15) is 14.0 Å². The number of ether oxygens (including phenoxy) is 1. The van der Waals surface area contributed by atoms with Crippen LogP contribution in [0.15, 0.2) is 54.6 Å². The Labute approximate surface area is 141 Å². The number of Topliss-reactive ketones (excluding diaryl/α,β-unsaturated/α-hetero) is 1. The second kappa shape index (κ2) is 7.39. The van der Waals surface area contributed by atoms with E-state index in [0.717, 1.165) is 11.1 Å². The summed E-state index contributed by atoms with van der Waals surface area (Å²) >= 11 is 0. The minimum absolute atomic E-state index is 0.209. The zero-order valence-corrected chi connectivity index (χ0v) is 14.1. The first-order chi connectivity index (χ1) is 11.3. The first-order valence-electron chi connectivity index (χ1n) is 7.77. The lowest BCUT2D eigenvalue weighted by atomic mass is 9.85. The number of methoxy groups -OCH3 is 1. The van der Waals surface area contributed by atoms with Gasteiger partial charge in [0.25, 0.3) is 0 Å². The molecular formula is C20H21FO3. The zero-order valence-electron chi connectivity index (χ0n) is 14.1. The van der Waals surface area contributed by atoms with Gasteiger partial charge in [-0.2, -0.15) is 0 Å². The third-order valence-electron chi connectivity index (χ3n) is 3.99. The molecule has 0 bridgehead atoms. The van der Waals surface area contributed by atoms with Crippen molar-refractivity contribution in [2.24, 2.45) is 5.41 Å². The predicted molar refractivity (Wildman–Crippen MR) is 91.5 cm³/mol. The van der Waals surface area contributed by atoms with Crippen LogP contribution in [-0.2, 0) is 9.53 Å². The van der Waals surface area contributed by atoms with Crippen molar-refractivity contribution in [1.29, 1.82) is 0 Å². The molecule has 2 rings (SSSR count). The SMILES string of the molecule is COC(=O)C(C)(C)C[C@@H](F)C(=O)c1ccc(-c2ccccc2)cc1. The van der Waals surface area contributed by atoms with Crippen LogP contribution >= 0.6 is 0 Å². The van der Waals surface area contributed by atoms with Crippen molar-refractivity contribution in [2.75, 3.05) is 7.11 Å². The van der Waals surface area contributed by atoms with Gasteiger partial charge in [-0.05, 0) is 25.0 Å².